The lowest BCUT2D eigenvalue weighted by Crippen LogP contribution is -2.11. The van der Waals surface area contributed by atoms with Gasteiger partial charge in [0.15, 0.2) is 0 Å². The van der Waals surface area contributed by atoms with Crippen LogP contribution in [0.2, 0.25) is 0 Å². The highest BCUT2D eigenvalue weighted by Gasteiger charge is 2.17. The van der Waals surface area contributed by atoms with Gasteiger partial charge in [0.05, 0.1) is 17.1 Å². The SMILES string of the molecule is CCc1ccc2c3c(C(N)=O)cccc3n(Cc3ccccc3C#N)c2c1. The van der Waals surface area contributed by atoms with E-state index in [4.69, 9.17) is 5.73 Å². The molecular weight excluding hydrogens is 334 g/mol. The van der Waals surface area contributed by atoms with Crippen LogP contribution in [0, 0.1) is 11.3 Å². The summed E-state index contributed by atoms with van der Waals surface area (Å²) in [6, 6.07) is 21.8. The first kappa shape index (κ1) is 16.9. The number of nitrogens with two attached hydrogens (primary N) is 1. The van der Waals surface area contributed by atoms with Crippen molar-refractivity contribution in [1.29, 1.82) is 5.26 Å². The van der Waals surface area contributed by atoms with E-state index in [1.54, 1.807) is 6.07 Å². The molecular formula is C23H19N3O. The maximum atomic E-state index is 12.0. The van der Waals surface area contributed by atoms with Gasteiger partial charge in [-0.15, -0.1) is 0 Å². The minimum Gasteiger partial charge on any atom is -0.366 e. The zero-order valence-electron chi connectivity index (χ0n) is 15.1. The summed E-state index contributed by atoms with van der Waals surface area (Å²) < 4.78 is 2.17. The number of carbonyl (C=O) groups is 1. The third-order valence-electron chi connectivity index (χ3n) is 5.10. The van der Waals surface area contributed by atoms with Crippen molar-refractivity contribution < 1.29 is 4.79 Å². The first-order valence-corrected chi connectivity index (χ1v) is 8.95. The molecule has 0 bridgehead atoms. The number of hydrogen-bond donors (Lipinski definition) is 1. The smallest absolute Gasteiger partial charge is 0.249 e. The van der Waals surface area contributed by atoms with Gasteiger partial charge in [-0.2, -0.15) is 5.26 Å². The molecule has 0 saturated carbocycles. The van der Waals surface area contributed by atoms with Crippen LogP contribution in [0.5, 0.6) is 0 Å². The summed E-state index contributed by atoms with van der Waals surface area (Å²) >= 11 is 0. The summed E-state index contributed by atoms with van der Waals surface area (Å²) in [5.74, 6) is -0.434. The predicted octanol–water partition coefficient (Wildman–Crippen LogP) is 4.38. The van der Waals surface area contributed by atoms with E-state index in [0.29, 0.717) is 17.7 Å². The Hall–Kier alpha value is -3.58. The van der Waals surface area contributed by atoms with Gasteiger partial charge in [0, 0.05) is 28.4 Å². The number of benzene rings is 3. The number of fused-ring (bicyclic) bond motifs is 3. The van der Waals surface area contributed by atoms with E-state index in [2.05, 4.69) is 35.8 Å². The molecule has 1 amide bonds. The molecule has 0 aliphatic heterocycles. The van der Waals surface area contributed by atoms with Gasteiger partial charge in [-0.25, -0.2) is 0 Å². The lowest BCUT2D eigenvalue weighted by Gasteiger charge is -2.10. The first-order valence-electron chi connectivity index (χ1n) is 8.95. The van der Waals surface area contributed by atoms with Crippen molar-refractivity contribution in [2.45, 2.75) is 19.9 Å². The molecule has 0 aliphatic rings. The molecule has 0 fully saturated rings. The molecule has 4 heteroatoms. The number of carbonyl (C=O) groups excluding carboxylic acids is 1. The molecule has 2 N–H and O–H groups in total. The van der Waals surface area contributed by atoms with Crippen LogP contribution in [0.1, 0.15) is 34.0 Å². The molecule has 3 aromatic carbocycles. The lowest BCUT2D eigenvalue weighted by atomic mass is 10.0. The minimum atomic E-state index is -0.434. The summed E-state index contributed by atoms with van der Waals surface area (Å²) in [6.07, 6.45) is 0.926. The van der Waals surface area contributed by atoms with Gasteiger partial charge in [-0.3, -0.25) is 4.79 Å². The lowest BCUT2D eigenvalue weighted by molar-refractivity contribution is 0.100. The van der Waals surface area contributed by atoms with Gasteiger partial charge in [-0.1, -0.05) is 43.3 Å². The highest BCUT2D eigenvalue weighted by atomic mass is 16.1. The summed E-state index contributed by atoms with van der Waals surface area (Å²) in [4.78, 5) is 12.0. The van der Waals surface area contributed by atoms with Gasteiger partial charge in [-0.05, 0) is 41.8 Å². The van der Waals surface area contributed by atoms with E-state index >= 15 is 0 Å². The summed E-state index contributed by atoms with van der Waals surface area (Å²) in [5.41, 5.74) is 11.0. The molecule has 132 valence electrons. The topological polar surface area (TPSA) is 71.8 Å². The van der Waals surface area contributed by atoms with E-state index in [-0.39, 0.29) is 0 Å². The maximum absolute atomic E-state index is 12.0. The molecule has 1 aromatic heterocycles. The fourth-order valence-electron chi connectivity index (χ4n) is 3.72. The number of hydrogen-bond acceptors (Lipinski definition) is 2. The predicted molar refractivity (Wildman–Crippen MR) is 108 cm³/mol. The summed E-state index contributed by atoms with van der Waals surface area (Å²) in [5, 5.41) is 11.3. The highest BCUT2D eigenvalue weighted by Crippen LogP contribution is 2.33. The molecule has 0 radical (unpaired) electrons. The molecule has 1 heterocycles. The van der Waals surface area contributed by atoms with Crippen LogP contribution >= 0.6 is 0 Å². The average Bonchev–Trinajstić information content (AvgIpc) is 3.01. The molecule has 0 unspecified atom stereocenters. The second-order valence-corrected chi connectivity index (χ2v) is 6.62. The normalized spacial score (nSPS) is 11.0. The number of rotatable bonds is 4. The summed E-state index contributed by atoms with van der Waals surface area (Å²) in [6.45, 7) is 2.67. The van der Waals surface area contributed by atoms with E-state index < -0.39 is 5.91 Å². The molecule has 27 heavy (non-hydrogen) atoms. The molecule has 4 nitrogen and oxygen atoms in total. The van der Waals surface area contributed by atoms with Crippen molar-refractivity contribution in [3.05, 3.63) is 82.9 Å². The second kappa shape index (κ2) is 6.62. The fourth-order valence-corrected chi connectivity index (χ4v) is 3.72. The van der Waals surface area contributed by atoms with Crippen molar-refractivity contribution >= 4 is 27.7 Å². The number of aromatic nitrogens is 1. The third-order valence-corrected chi connectivity index (χ3v) is 5.10. The van der Waals surface area contributed by atoms with Crippen LogP contribution in [-0.4, -0.2) is 10.5 Å². The Morgan fingerprint density at radius 3 is 2.63 bits per heavy atom. The van der Waals surface area contributed by atoms with Gasteiger partial charge >= 0.3 is 0 Å². The number of primary amides is 1. The molecule has 0 spiro atoms. The fraction of sp³-hybridized carbons (Fsp3) is 0.130. The van der Waals surface area contributed by atoms with Crippen molar-refractivity contribution in [3.8, 4) is 6.07 Å². The average molecular weight is 353 g/mol. The monoisotopic (exact) mass is 353 g/mol. The van der Waals surface area contributed by atoms with Crippen molar-refractivity contribution in [3.63, 3.8) is 0 Å². The van der Waals surface area contributed by atoms with Gasteiger partial charge in [0.2, 0.25) is 5.91 Å². The Morgan fingerprint density at radius 1 is 1.07 bits per heavy atom. The number of nitrogens with zero attached hydrogens (tertiary/aromatic N) is 2. The second-order valence-electron chi connectivity index (χ2n) is 6.62. The Balaban J connectivity index is 2.07. The number of amides is 1. The molecule has 0 atom stereocenters. The van der Waals surface area contributed by atoms with Crippen LogP contribution in [0.3, 0.4) is 0 Å². The zero-order valence-corrected chi connectivity index (χ0v) is 15.1. The van der Waals surface area contributed by atoms with Crippen LogP contribution in [0.15, 0.2) is 60.7 Å². The number of nitriles is 1. The van der Waals surface area contributed by atoms with Crippen molar-refractivity contribution in [2.24, 2.45) is 5.73 Å². The standard InChI is InChI=1S/C23H19N3O/c1-2-15-10-11-18-21(12-15)26(14-17-7-4-3-6-16(17)13-24)20-9-5-8-19(22(18)20)23(25)27/h3-12H,2,14H2,1H3,(H2,25,27). The quantitative estimate of drug-likeness (QED) is 0.591. The molecule has 4 rings (SSSR count). The van der Waals surface area contributed by atoms with Crippen LogP contribution in [0.4, 0.5) is 0 Å². The molecule has 4 aromatic rings. The van der Waals surface area contributed by atoms with Gasteiger partial charge < -0.3 is 10.3 Å². The van der Waals surface area contributed by atoms with Crippen LogP contribution < -0.4 is 5.73 Å². The maximum Gasteiger partial charge on any atom is 0.249 e. The van der Waals surface area contributed by atoms with Gasteiger partial charge in [0.1, 0.15) is 0 Å². The van der Waals surface area contributed by atoms with Crippen LogP contribution in [-0.2, 0) is 13.0 Å². The Labute approximate surface area is 157 Å². The Bertz CT molecular complexity index is 1230. The van der Waals surface area contributed by atoms with Crippen molar-refractivity contribution in [2.75, 3.05) is 0 Å². The molecule has 0 saturated heterocycles. The summed E-state index contributed by atoms with van der Waals surface area (Å²) in [7, 11) is 0. The van der Waals surface area contributed by atoms with Crippen molar-refractivity contribution in [1.82, 2.24) is 4.57 Å². The van der Waals surface area contributed by atoms with E-state index in [1.807, 2.05) is 36.4 Å². The first-order chi connectivity index (χ1) is 13.1. The Kier molecular flexibility index (Phi) is 4.13. The van der Waals surface area contributed by atoms with Crippen LogP contribution in [0.25, 0.3) is 21.8 Å². The van der Waals surface area contributed by atoms with E-state index in [1.165, 1.54) is 5.56 Å². The largest absolute Gasteiger partial charge is 0.366 e. The number of aryl methyl sites for hydroxylation is 1. The van der Waals surface area contributed by atoms with Gasteiger partial charge in [0.25, 0.3) is 0 Å². The Morgan fingerprint density at radius 2 is 1.89 bits per heavy atom. The van der Waals surface area contributed by atoms with E-state index in [9.17, 15) is 10.1 Å². The van der Waals surface area contributed by atoms with E-state index in [0.717, 1.165) is 33.8 Å². The zero-order chi connectivity index (χ0) is 19.0. The minimum absolute atomic E-state index is 0.434. The third kappa shape index (κ3) is 2.74. The molecule has 0 aliphatic carbocycles. The highest BCUT2D eigenvalue weighted by molar-refractivity contribution is 6.18.